The second kappa shape index (κ2) is 5.57. The van der Waals surface area contributed by atoms with Crippen molar-refractivity contribution < 1.29 is 22.5 Å². The number of alkyl halides is 3. The van der Waals surface area contributed by atoms with Crippen molar-refractivity contribution in [3.05, 3.63) is 28.4 Å². The maximum absolute atomic E-state index is 13.3. The summed E-state index contributed by atoms with van der Waals surface area (Å²) in [6, 6.07) is 2.35. The molecule has 4 nitrogen and oxygen atoms in total. The Morgan fingerprint density at radius 1 is 1.32 bits per heavy atom. The van der Waals surface area contributed by atoms with Crippen LogP contribution >= 0.6 is 15.9 Å². The minimum Gasteiger partial charge on any atom is -0.356 e. The largest absolute Gasteiger partial charge is 0.414 e. The first kappa shape index (κ1) is 16.8. The third-order valence-corrected chi connectivity index (χ3v) is 3.51. The number of nitrogens with zero attached hydrogens (tertiary/aromatic N) is 1. The highest BCUT2D eigenvalue weighted by Gasteiger charge is 2.45. The monoisotopic (exact) mass is 378 g/mol. The van der Waals surface area contributed by atoms with Crippen LogP contribution in [0.15, 0.2) is 27.2 Å². The molecule has 1 N–H and O–H groups in total. The van der Waals surface area contributed by atoms with Crippen LogP contribution in [0.2, 0.25) is 0 Å². The molecule has 1 aromatic carbocycles. The number of fused-ring (bicyclic) bond motifs is 1. The molecule has 120 valence electrons. The van der Waals surface area contributed by atoms with E-state index in [1.807, 2.05) is 5.32 Å². The number of halogens is 4. The predicted molar refractivity (Wildman–Crippen MR) is 78.1 cm³/mol. The molecule has 0 aliphatic rings. The number of carbonyl (C=O) groups is 1. The molecule has 0 spiro atoms. The van der Waals surface area contributed by atoms with Crippen molar-refractivity contribution in [2.45, 2.75) is 33.0 Å². The van der Waals surface area contributed by atoms with E-state index in [-0.39, 0.29) is 16.7 Å². The third-order valence-electron chi connectivity index (χ3n) is 3.02. The van der Waals surface area contributed by atoms with Gasteiger partial charge in [-0.3, -0.25) is 4.79 Å². The molecule has 8 heteroatoms. The van der Waals surface area contributed by atoms with Crippen LogP contribution in [0.4, 0.5) is 13.2 Å². The molecular formula is C14H14BrF3N2O2. The number of nitrogens with one attached hydrogen (secondary N) is 1. The molecule has 0 radical (unpaired) electrons. The number of hydrogen-bond acceptors (Lipinski definition) is 3. The second-order valence-corrected chi connectivity index (χ2v) is 6.82. The van der Waals surface area contributed by atoms with Gasteiger partial charge in [-0.1, -0.05) is 41.9 Å². The van der Waals surface area contributed by atoms with Gasteiger partial charge in [0.15, 0.2) is 11.6 Å². The van der Waals surface area contributed by atoms with E-state index in [1.165, 1.54) is 32.9 Å². The van der Waals surface area contributed by atoms with E-state index < -0.39 is 23.5 Å². The Balaban J connectivity index is 2.47. The number of rotatable bonds is 2. The van der Waals surface area contributed by atoms with Crippen molar-refractivity contribution in [1.29, 1.82) is 0 Å². The maximum Gasteiger partial charge on any atom is 0.414 e. The first-order valence-electron chi connectivity index (χ1n) is 6.42. The van der Waals surface area contributed by atoms with E-state index in [0.29, 0.717) is 4.47 Å². The van der Waals surface area contributed by atoms with E-state index in [1.54, 1.807) is 6.07 Å². The molecule has 1 aromatic heterocycles. The SMILES string of the molecule is CC(C)(C)C(=O)NC(c1noc2cc(Br)ccc12)C(F)(F)F. The lowest BCUT2D eigenvalue weighted by molar-refractivity contribution is -0.166. The lowest BCUT2D eigenvalue weighted by Gasteiger charge is -2.24. The summed E-state index contributed by atoms with van der Waals surface area (Å²) in [5.74, 6) is -0.719. The summed E-state index contributed by atoms with van der Waals surface area (Å²) < 4.78 is 45.6. The molecular weight excluding hydrogens is 365 g/mol. The second-order valence-electron chi connectivity index (χ2n) is 5.91. The van der Waals surface area contributed by atoms with Gasteiger partial charge < -0.3 is 9.84 Å². The molecule has 0 aliphatic carbocycles. The molecule has 0 saturated heterocycles. The summed E-state index contributed by atoms with van der Waals surface area (Å²) in [4.78, 5) is 11.9. The van der Waals surface area contributed by atoms with Crippen LogP contribution in [-0.2, 0) is 4.79 Å². The molecule has 2 rings (SSSR count). The van der Waals surface area contributed by atoms with Crippen molar-refractivity contribution >= 4 is 32.8 Å². The highest BCUT2D eigenvalue weighted by molar-refractivity contribution is 9.10. The molecule has 0 aliphatic heterocycles. The van der Waals surface area contributed by atoms with E-state index in [9.17, 15) is 18.0 Å². The third kappa shape index (κ3) is 3.43. The van der Waals surface area contributed by atoms with E-state index in [4.69, 9.17) is 4.52 Å². The molecule has 1 heterocycles. The van der Waals surface area contributed by atoms with Gasteiger partial charge in [0.05, 0.1) is 0 Å². The van der Waals surface area contributed by atoms with Gasteiger partial charge in [-0.25, -0.2) is 0 Å². The number of carbonyl (C=O) groups excluding carboxylic acids is 1. The normalized spacial score (nSPS) is 14.1. The van der Waals surface area contributed by atoms with Crippen molar-refractivity contribution in [3.8, 4) is 0 Å². The Morgan fingerprint density at radius 3 is 2.50 bits per heavy atom. The number of amides is 1. The Bertz CT molecular complexity index is 704. The van der Waals surface area contributed by atoms with Crippen LogP contribution < -0.4 is 5.32 Å². The minimum atomic E-state index is -4.68. The van der Waals surface area contributed by atoms with Gasteiger partial charge in [0.2, 0.25) is 5.91 Å². The Hall–Kier alpha value is -1.57. The standard InChI is InChI=1S/C14H14BrF3N2O2/c1-13(2,3)12(21)19-11(14(16,17)18)10-8-5-4-7(15)6-9(8)22-20-10/h4-6,11H,1-3H3,(H,19,21). The molecule has 0 fully saturated rings. The number of aromatic nitrogens is 1. The number of benzene rings is 1. The lowest BCUT2D eigenvalue weighted by Crippen LogP contribution is -2.43. The quantitative estimate of drug-likeness (QED) is 0.844. The lowest BCUT2D eigenvalue weighted by atomic mass is 9.94. The van der Waals surface area contributed by atoms with Crippen LogP contribution in [-0.4, -0.2) is 17.2 Å². The average Bonchev–Trinajstić information content (AvgIpc) is 2.75. The van der Waals surface area contributed by atoms with Gasteiger partial charge in [0, 0.05) is 15.3 Å². The zero-order valence-electron chi connectivity index (χ0n) is 12.1. The van der Waals surface area contributed by atoms with Crippen molar-refractivity contribution in [3.63, 3.8) is 0 Å². The molecule has 0 bridgehead atoms. The molecule has 0 saturated carbocycles. The molecule has 1 amide bonds. The first-order valence-corrected chi connectivity index (χ1v) is 7.22. The van der Waals surface area contributed by atoms with Gasteiger partial charge in [0.1, 0.15) is 5.69 Å². The molecule has 1 atom stereocenters. The maximum atomic E-state index is 13.3. The van der Waals surface area contributed by atoms with Gasteiger partial charge in [-0.2, -0.15) is 13.2 Å². The number of hydrogen-bond donors (Lipinski definition) is 1. The van der Waals surface area contributed by atoms with E-state index >= 15 is 0 Å². The smallest absolute Gasteiger partial charge is 0.356 e. The fourth-order valence-corrected chi connectivity index (χ4v) is 2.13. The minimum absolute atomic E-state index is 0.208. The summed E-state index contributed by atoms with van der Waals surface area (Å²) in [6.07, 6.45) is -4.68. The Kier molecular flexibility index (Phi) is 4.25. The van der Waals surface area contributed by atoms with Gasteiger partial charge in [-0.05, 0) is 18.2 Å². The van der Waals surface area contributed by atoms with Crippen LogP contribution in [0, 0.1) is 5.41 Å². The molecule has 22 heavy (non-hydrogen) atoms. The highest BCUT2D eigenvalue weighted by atomic mass is 79.9. The molecule has 1 unspecified atom stereocenters. The summed E-state index contributed by atoms with van der Waals surface area (Å²) in [7, 11) is 0. The highest BCUT2D eigenvalue weighted by Crippen LogP contribution is 2.37. The first-order chi connectivity index (χ1) is 10.00. The van der Waals surface area contributed by atoms with Crippen molar-refractivity contribution in [2.24, 2.45) is 5.41 Å². The van der Waals surface area contributed by atoms with Crippen LogP contribution in [0.3, 0.4) is 0 Å². The van der Waals surface area contributed by atoms with E-state index in [2.05, 4.69) is 21.1 Å². The summed E-state index contributed by atoms with van der Waals surface area (Å²) in [5, 5.41) is 5.72. The predicted octanol–water partition coefficient (Wildman–Crippen LogP) is 4.36. The van der Waals surface area contributed by atoms with Crippen LogP contribution in [0.1, 0.15) is 32.5 Å². The van der Waals surface area contributed by atoms with E-state index in [0.717, 1.165) is 0 Å². The van der Waals surface area contributed by atoms with Gasteiger partial charge in [0.25, 0.3) is 0 Å². The average molecular weight is 379 g/mol. The van der Waals surface area contributed by atoms with Crippen LogP contribution in [0.25, 0.3) is 11.0 Å². The Morgan fingerprint density at radius 2 is 1.95 bits per heavy atom. The fraction of sp³-hybridized carbons (Fsp3) is 0.429. The summed E-state index contributed by atoms with van der Waals surface area (Å²) in [6.45, 7) is 4.61. The zero-order valence-corrected chi connectivity index (χ0v) is 13.7. The van der Waals surface area contributed by atoms with Crippen molar-refractivity contribution in [1.82, 2.24) is 10.5 Å². The fourth-order valence-electron chi connectivity index (χ4n) is 1.79. The van der Waals surface area contributed by atoms with Crippen molar-refractivity contribution in [2.75, 3.05) is 0 Å². The van der Waals surface area contributed by atoms with Gasteiger partial charge >= 0.3 is 6.18 Å². The topological polar surface area (TPSA) is 55.1 Å². The zero-order chi connectivity index (χ0) is 16.7. The van der Waals surface area contributed by atoms with Crippen LogP contribution in [0.5, 0.6) is 0 Å². The Labute approximate surface area is 133 Å². The van der Waals surface area contributed by atoms with Gasteiger partial charge in [-0.15, -0.1) is 0 Å². The summed E-state index contributed by atoms with van der Waals surface area (Å²) in [5.41, 5.74) is -1.09. The summed E-state index contributed by atoms with van der Waals surface area (Å²) >= 11 is 3.20. The molecule has 2 aromatic rings.